The Morgan fingerprint density at radius 2 is 1.85 bits per heavy atom. The Kier molecular flexibility index (Phi) is 5.13. The van der Waals surface area contributed by atoms with E-state index < -0.39 is 5.91 Å². The van der Waals surface area contributed by atoms with E-state index in [4.69, 9.17) is 5.73 Å². The lowest BCUT2D eigenvalue weighted by Gasteiger charge is -2.24. The second kappa shape index (κ2) is 7.19. The Balaban J connectivity index is 1.88. The molecule has 1 aromatic heterocycles. The number of hydrogen-bond acceptors (Lipinski definition) is 6. The molecule has 0 spiro atoms. The molecule has 0 unspecified atom stereocenters. The summed E-state index contributed by atoms with van der Waals surface area (Å²) in [5.41, 5.74) is 7.10. The van der Waals surface area contributed by atoms with Crippen molar-refractivity contribution in [2.24, 2.45) is 5.73 Å². The fourth-order valence-corrected chi connectivity index (χ4v) is 3.42. The van der Waals surface area contributed by atoms with Crippen molar-refractivity contribution in [1.82, 2.24) is 19.8 Å². The van der Waals surface area contributed by atoms with Crippen molar-refractivity contribution < 1.29 is 9.59 Å². The van der Waals surface area contributed by atoms with E-state index in [1.807, 2.05) is 13.8 Å². The van der Waals surface area contributed by atoms with Crippen LogP contribution in [0.15, 0.2) is 0 Å². The predicted octanol–water partition coefficient (Wildman–Crippen LogP) is 0.324. The number of carbonyl (C=O) groups is 2. The highest BCUT2D eigenvalue weighted by atomic mass is 16.2. The van der Waals surface area contributed by atoms with Gasteiger partial charge < -0.3 is 20.4 Å². The summed E-state index contributed by atoms with van der Waals surface area (Å²) < 4.78 is 0. The summed E-state index contributed by atoms with van der Waals surface area (Å²) in [5, 5.41) is 0. The molecule has 3 rings (SSSR count). The average Bonchev–Trinajstić information content (AvgIpc) is 3.30. The Labute approximate surface area is 154 Å². The van der Waals surface area contributed by atoms with Crippen LogP contribution in [0.1, 0.15) is 41.1 Å². The zero-order valence-electron chi connectivity index (χ0n) is 16.0. The molecule has 0 aromatic carbocycles. The van der Waals surface area contributed by atoms with Crippen molar-refractivity contribution in [2.75, 3.05) is 38.6 Å². The maximum Gasteiger partial charge on any atom is 0.292 e. The summed E-state index contributed by atoms with van der Waals surface area (Å²) in [4.78, 5) is 39.2. The summed E-state index contributed by atoms with van der Waals surface area (Å²) in [5.74, 6) is 0.159. The highest BCUT2D eigenvalue weighted by molar-refractivity contribution is 5.94. The molecule has 8 nitrogen and oxygen atoms in total. The van der Waals surface area contributed by atoms with E-state index in [-0.39, 0.29) is 24.3 Å². The van der Waals surface area contributed by atoms with Crippen LogP contribution in [0, 0.1) is 13.8 Å². The van der Waals surface area contributed by atoms with Crippen molar-refractivity contribution in [3.63, 3.8) is 0 Å². The lowest BCUT2D eigenvalue weighted by molar-refractivity contribution is -0.118. The van der Waals surface area contributed by atoms with E-state index in [0.29, 0.717) is 6.04 Å². The molecule has 0 radical (unpaired) electrons. The summed E-state index contributed by atoms with van der Waals surface area (Å²) in [6.07, 6.45) is 2.86. The van der Waals surface area contributed by atoms with Gasteiger partial charge in [0, 0.05) is 36.4 Å². The Bertz CT molecular complexity index is 716. The van der Waals surface area contributed by atoms with Gasteiger partial charge in [-0.15, -0.1) is 0 Å². The second-order valence-corrected chi connectivity index (χ2v) is 7.56. The molecule has 26 heavy (non-hydrogen) atoms. The van der Waals surface area contributed by atoms with Crippen LogP contribution in [0.2, 0.25) is 0 Å². The van der Waals surface area contributed by atoms with E-state index in [1.54, 1.807) is 0 Å². The first-order valence-electron chi connectivity index (χ1n) is 9.13. The second-order valence-electron chi connectivity index (χ2n) is 7.56. The number of aryl methyl sites for hydroxylation is 1. The first kappa shape index (κ1) is 18.6. The fourth-order valence-electron chi connectivity index (χ4n) is 3.42. The molecule has 1 aromatic rings. The minimum absolute atomic E-state index is 0.0774. The molecule has 2 heterocycles. The van der Waals surface area contributed by atoms with Crippen LogP contribution in [-0.4, -0.2) is 77.4 Å². The summed E-state index contributed by atoms with van der Waals surface area (Å²) in [7, 11) is 4.16. The highest BCUT2D eigenvalue weighted by Crippen LogP contribution is 2.29. The number of carbonyl (C=O) groups excluding carboxylic acids is 2. The van der Waals surface area contributed by atoms with Gasteiger partial charge in [-0.25, -0.2) is 9.97 Å². The number of nitrogens with two attached hydrogens (primary N) is 1. The van der Waals surface area contributed by atoms with E-state index in [2.05, 4.69) is 33.9 Å². The van der Waals surface area contributed by atoms with Crippen LogP contribution in [-0.2, 0) is 4.79 Å². The SMILES string of the molecule is Cc1nc(C(=O)N(CC(N)=O)C2CC2)nc(N2CC[C@@H](N(C)C)C2)c1C. The van der Waals surface area contributed by atoms with Gasteiger partial charge in [0.15, 0.2) is 0 Å². The number of likely N-dealkylation sites (N-methyl/N-ethyl adjacent to an activating group) is 1. The van der Waals surface area contributed by atoms with Crippen molar-refractivity contribution in [3.8, 4) is 0 Å². The van der Waals surface area contributed by atoms with Gasteiger partial charge in [-0.2, -0.15) is 0 Å². The van der Waals surface area contributed by atoms with Crippen LogP contribution < -0.4 is 10.6 Å². The quantitative estimate of drug-likeness (QED) is 0.785. The molecule has 0 bridgehead atoms. The topological polar surface area (TPSA) is 95.7 Å². The predicted molar refractivity (Wildman–Crippen MR) is 99.1 cm³/mol. The first-order chi connectivity index (χ1) is 12.3. The van der Waals surface area contributed by atoms with Crippen molar-refractivity contribution in [3.05, 3.63) is 17.1 Å². The Morgan fingerprint density at radius 1 is 1.15 bits per heavy atom. The lowest BCUT2D eigenvalue weighted by atomic mass is 10.2. The Hall–Kier alpha value is -2.22. The van der Waals surface area contributed by atoms with Crippen molar-refractivity contribution in [1.29, 1.82) is 0 Å². The molecule has 2 aliphatic rings. The number of aromatic nitrogens is 2. The molecule has 1 aliphatic heterocycles. The maximum absolute atomic E-state index is 12.9. The highest BCUT2D eigenvalue weighted by Gasteiger charge is 2.36. The number of anilines is 1. The summed E-state index contributed by atoms with van der Waals surface area (Å²) in [6, 6.07) is 0.551. The van der Waals surface area contributed by atoms with Gasteiger partial charge in [0.25, 0.3) is 5.91 Å². The molecule has 8 heteroatoms. The van der Waals surface area contributed by atoms with Gasteiger partial charge >= 0.3 is 0 Å². The number of hydrogen-bond donors (Lipinski definition) is 1. The van der Waals surface area contributed by atoms with Crippen LogP contribution in [0.5, 0.6) is 0 Å². The molecule has 2 N–H and O–H groups in total. The maximum atomic E-state index is 12.9. The summed E-state index contributed by atoms with van der Waals surface area (Å²) >= 11 is 0. The molecule has 2 amide bonds. The van der Waals surface area contributed by atoms with Crippen LogP contribution in [0.25, 0.3) is 0 Å². The molecular weight excluding hydrogens is 332 g/mol. The van der Waals surface area contributed by atoms with Gasteiger partial charge in [0.1, 0.15) is 12.4 Å². The normalized spacial score (nSPS) is 19.9. The van der Waals surface area contributed by atoms with E-state index in [1.165, 1.54) is 4.90 Å². The lowest BCUT2D eigenvalue weighted by Crippen LogP contribution is -2.41. The Morgan fingerprint density at radius 3 is 2.38 bits per heavy atom. The van der Waals surface area contributed by atoms with E-state index >= 15 is 0 Å². The third-order valence-corrected chi connectivity index (χ3v) is 5.32. The minimum Gasteiger partial charge on any atom is -0.368 e. The third kappa shape index (κ3) is 3.80. The smallest absolute Gasteiger partial charge is 0.292 e. The van der Waals surface area contributed by atoms with Crippen LogP contribution in [0.3, 0.4) is 0 Å². The first-order valence-corrected chi connectivity index (χ1v) is 9.13. The molecule has 142 valence electrons. The van der Waals surface area contributed by atoms with E-state index in [9.17, 15) is 9.59 Å². The molecular formula is C18H28N6O2. The molecule has 1 saturated heterocycles. The van der Waals surface area contributed by atoms with Crippen molar-refractivity contribution >= 4 is 17.6 Å². The van der Waals surface area contributed by atoms with Crippen LogP contribution >= 0.6 is 0 Å². The molecule has 1 saturated carbocycles. The average molecular weight is 360 g/mol. The third-order valence-electron chi connectivity index (χ3n) is 5.32. The van der Waals surface area contributed by atoms with Crippen molar-refractivity contribution in [2.45, 2.75) is 45.2 Å². The zero-order chi connectivity index (χ0) is 19.0. The van der Waals surface area contributed by atoms with Gasteiger partial charge in [0.2, 0.25) is 11.7 Å². The fraction of sp³-hybridized carbons (Fsp3) is 0.667. The summed E-state index contributed by atoms with van der Waals surface area (Å²) in [6.45, 7) is 5.59. The number of rotatable bonds is 6. The molecule has 1 aliphatic carbocycles. The number of primary amides is 1. The zero-order valence-corrected chi connectivity index (χ0v) is 16.0. The number of nitrogens with zero attached hydrogens (tertiary/aromatic N) is 5. The standard InChI is InChI=1S/C18H28N6O2/c1-11-12(2)20-16(18(26)24(10-15(19)25)13-5-6-13)21-17(11)23-8-7-14(9-23)22(3)4/h13-14H,5-10H2,1-4H3,(H2,19,25)/t14-/m1/s1. The van der Waals surface area contributed by atoms with Crippen LogP contribution in [0.4, 0.5) is 5.82 Å². The minimum atomic E-state index is -0.511. The number of amides is 2. The van der Waals surface area contributed by atoms with Gasteiger partial charge in [-0.05, 0) is 47.2 Å². The van der Waals surface area contributed by atoms with Gasteiger partial charge in [-0.1, -0.05) is 0 Å². The van der Waals surface area contributed by atoms with Gasteiger partial charge in [-0.3, -0.25) is 9.59 Å². The largest absolute Gasteiger partial charge is 0.368 e. The monoisotopic (exact) mass is 360 g/mol. The molecule has 2 fully saturated rings. The molecule has 1 atom stereocenters. The van der Waals surface area contributed by atoms with Gasteiger partial charge in [0.05, 0.1) is 0 Å². The van der Waals surface area contributed by atoms with E-state index in [0.717, 1.165) is 49.4 Å².